The molecule has 2 rings (SSSR count). The average Bonchev–Trinajstić information content (AvgIpc) is 2.40. The molecule has 0 spiro atoms. The number of hydrogen-bond donors (Lipinski definition) is 2. The Labute approximate surface area is 112 Å². The predicted molar refractivity (Wildman–Crippen MR) is 76.6 cm³/mol. The second-order valence-corrected chi connectivity index (χ2v) is 4.48. The van der Waals surface area contributed by atoms with Crippen molar-refractivity contribution < 1.29 is 0 Å². The molecule has 0 radical (unpaired) electrons. The van der Waals surface area contributed by atoms with Gasteiger partial charge >= 0.3 is 0 Å². The van der Waals surface area contributed by atoms with Crippen LogP contribution >= 0.6 is 0 Å². The number of hydrogen-bond acceptors (Lipinski definition) is 4. The largest absolute Gasteiger partial charge is 0.399 e. The summed E-state index contributed by atoms with van der Waals surface area (Å²) in [4.78, 5) is 4.36. The Balaban J connectivity index is 2.17. The minimum Gasteiger partial charge on any atom is -0.399 e. The highest BCUT2D eigenvalue weighted by molar-refractivity contribution is 5.51. The minimum absolute atomic E-state index is 0.610. The quantitative estimate of drug-likeness (QED) is 0.824. The summed E-state index contributed by atoms with van der Waals surface area (Å²) >= 11 is 0. The monoisotopic (exact) mass is 252 g/mol. The zero-order chi connectivity index (χ0) is 13.8. The number of anilines is 2. The van der Waals surface area contributed by atoms with Gasteiger partial charge < -0.3 is 11.1 Å². The van der Waals surface area contributed by atoms with Crippen molar-refractivity contribution in [3.8, 4) is 6.07 Å². The first-order chi connectivity index (χ1) is 9.10. The summed E-state index contributed by atoms with van der Waals surface area (Å²) in [5.74, 6) is 0.707. The van der Waals surface area contributed by atoms with Gasteiger partial charge in [-0.15, -0.1) is 0 Å². The first kappa shape index (κ1) is 12.9. The van der Waals surface area contributed by atoms with Crippen molar-refractivity contribution in [1.82, 2.24) is 4.98 Å². The van der Waals surface area contributed by atoms with Crippen LogP contribution in [0.3, 0.4) is 0 Å². The van der Waals surface area contributed by atoms with E-state index < -0.39 is 0 Å². The fourth-order valence-electron chi connectivity index (χ4n) is 1.90. The molecule has 4 nitrogen and oxygen atoms in total. The van der Waals surface area contributed by atoms with Gasteiger partial charge in [0.2, 0.25) is 0 Å². The van der Waals surface area contributed by atoms with Crippen molar-refractivity contribution in [3.05, 3.63) is 52.7 Å². The van der Waals surface area contributed by atoms with Gasteiger partial charge in [0, 0.05) is 17.9 Å². The van der Waals surface area contributed by atoms with E-state index in [1.165, 1.54) is 0 Å². The summed E-state index contributed by atoms with van der Waals surface area (Å²) < 4.78 is 0. The zero-order valence-corrected chi connectivity index (χ0v) is 11.1. The number of rotatable bonds is 3. The average molecular weight is 252 g/mol. The molecule has 4 heteroatoms. The fourth-order valence-corrected chi connectivity index (χ4v) is 1.90. The highest BCUT2D eigenvalue weighted by atomic mass is 15.0. The van der Waals surface area contributed by atoms with Crippen LogP contribution in [0.1, 0.15) is 22.4 Å². The normalized spacial score (nSPS) is 9.95. The standard InChI is InChI=1S/C15H16N4/c1-10-6-12(8-16)7-15(19-10)18-9-13-4-3-5-14(17)11(13)2/h3-7H,9,17H2,1-2H3,(H,18,19). The van der Waals surface area contributed by atoms with E-state index >= 15 is 0 Å². The van der Waals surface area contributed by atoms with Crippen LogP contribution in [0.2, 0.25) is 0 Å². The molecule has 3 N–H and O–H groups in total. The molecule has 0 atom stereocenters. The Morgan fingerprint density at radius 2 is 2.11 bits per heavy atom. The summed E-state index contributed by atoms with van der Waals surface area (Å²) in [5, 5.41) is 12.2. The number of benzene rings is 1. The third kappa shape index (κ3) is 3.02. The van der Waals surface area contributed by atoms with Gasteiger partial charge in [0.05, 0.1) is 11.6 Å². The van der Waals surface area contributed by atoms with Gasteiger partial charge in [-0.1, -0.05) is 12.1 Å². The van der Waals surface area contributed by atoms with Crippen molar-refractivity contribution in [2.24, 2.45) is 0 Å². The number of nitriles is 1. The van der Waals surface area contributed by atoms with Crippen LogP contribution in [0.4, 0.5) is 11.5 Å². The molecule has 1 aromatic heterocycles. The highest BCUT2D eigenvalue weighted by Crippen LogP contribution is 2.17. The molecule has 0 aliphatic heterocycles. The number of nitrogens with zero attached hydrogens (tertiary/aromatic N) is 2. The molecule has 0 amide bonds. The van der Waals surface area contributed by atoms with Gasteiger partial charge in [-0.25, -0.2) is 4.98 Å². The van der Waals surface area contributed by atoms with Gasteiger partial charge in [-0.05, 0) is 43.2 Å². The molecule has 0 aliphatic carbocycles. The molecule has 0 fully saturated rings. The molecule has 1 heterocycles. The molecule has 0 saturated heterocycles. The van der Waals surface area contributed by atoms with Crippen LogP contribution < -0.4 is 11.1 Å². The summed E-state index contributed by atoms with van der Waals surface area (Å²) in [6.07, 6.45) is 0. The van der Waals surface area contributed by atoms with Crippen molar-refractivity contribution in [2.45, 2.75) is 20.4 Å². The van der Waals surface area contributed by atoms with Gasteiger partial charge in [0.15, 0.2) is 0 Å². The minimum atomic E-state index is 0.610. The summed E-state index contributed by atoms with van der Waals surface area (Å²) in [6, 6.07) is 11.5. The van der Waals surface area contributed by atoms with Gasteiger partial charge in [0.1, 0.15) is 5.82 Å². The molecule has 96 valence electrons. The van der Waals surface area contributed by atoms with Crippen LogP contribution in [-0.2, 0) is 6.54 Å². The molecular weight excluding hydrogens is 236 g/mol. The van der Waals surface area contributed by atoms with Crippen LogP contribution in [0, 0.1) is 25.2 Å². The Bertz CT molecular complexity index is 641. The number of pyridine rings is 1. The SMILES string of the molecule is Cc1cc(C#N)cc(NCc2cccc(N)c2C)n1. The summed E-state index contributed by atoms with van der Waals surface area (Å²) in [7, 11) is 0. The number of aryl methyl sites for hydroxylation is 1. The highest BCUT2D eigenvalue weighted by Gasteiger charge is 2.03. The number of nitrogens with two attached hydrogens (primary N) is 1. The summed E-state index contributed by atoms with van der Waals surface area (Å²) in [5.41, 5.74) is 10.3. The lowest BCUT2D eigenvalue weighted by Gasteiger charge is -2.10. The van der Waals surface area contributed by atoms with E-state index in [2.05, 4.69) is 16.4 Å². The second-order valence-electron chi connectivity index (χ2n) is 4.48. The smallest absolute Gasteiger partial charge is 0.127 e. The van der Waals surface area contributed by atoms with E-state index in [0.29, 0.717) is 17.9 Å². The molecule has 2 aromatic rings. The van der Waals surface area contributed by atoms with Gasteiger partial charge in [-0.3, -0.25) is 0 Å². The van der Waals surface area contributed by atoms with Crippen LogP contribution in [-0.4, -0.2) is 4.98 Å². The maximum atomic E-state index is 8.93. The maximum absolute atomic E-state index is 8.93. The zero-order valence-electron chi connectivity index (χ0n) is 11.1. The van der Waals surface area contributed by atoms with Gasteiger partial charge in [-0.2, -0.15) is 5.26 Å². The lowest BCUT2D eigenvalue weighted by molar-refractivity contribution is 1.07. The third-order valence-electron chi connectivity index (χ3n) is 3.03. The predicted octanol–water partition coefficient (Wildman–Crippen LogP) is 2.76. The Hall–Kier alpha value is -2.54. The Kier molecular flexibility index (Phi) is 3.67. The van der Waals surface area contributed by atoms with Crippen molar-refractivity contribution in [3.63, 3.8) is 0 Å². The van der Waals surface area contributed by atoms with E-state index in [1.807, 2.05) is 32.0 Å². The van der Waals surface area contributed by atoms with E-state index in [1.54, 1.807) is 12.1 Å². The van der Waals surface area contributed by atoms with E-state index in [9.17, 15) is 0 Å². The van der Waals surface area contributed by atoms with Crippen molar-refractivity contribution >= 4 is 11.5 Å². The molecule has 1 aromatic carbocycles. The molecular formula is C15H16N4. The second kappa shape index (κ2) is 5.40. The Morgan fingerprint density at radius 3 is 2.84 bits per heavy atom. The summed E-state index contributed by atoms with van der Waals surface area (Å²) in [6.45, 7) is 4.51. The lowest BCUT2D eigenvalue weighted by atomic mass is 10.1. The first-order valence-corrected chi connectivity index (χ1v) is 6.07. The van der Waals surface area contributed by atoms with Crippen LogP contribution in [0.15, 0.2) is 30.3 Å². The van der Waals surface area contributed by atoms with E-state index in [-0.39, 0.29) is 0 Å². The van der Waals surface area contributed by atoms with Crippen molar-refractivity contribution in [2.75, 3.05) is 11.1 Å². The number of nitrogen functional groups attached to an aromatic ring is 1. The lowest BCUT2D eigenvalue weighted by Crippen LogP contribution is -2.05. The number of nitrogens with one attached hydrogen (secondary N) is 1. The van der Waals surface area contributed by atoms with E-state index in [4.69, 9.17) is 11.0 Å². The topological polar surface area (TPSA) is 74.7 Å². The molecule has 0 saturated carbocycles. The third-order valence-corrected chi connectivity index (χ3v) is 3.03. The molecule has 0 unspecified atom stereocenters. The van der Waals surface area contributed by atoms with Crippen LogP contribution in [0.5, 0.6) is 0 Å². The van der Waals surface area contributed by atoms with Crippen molar-refractivity contribution in [1.29, 1.82) is 5.26 Å². The molecule has 0 aliphatic rings. The molecule has 19 heavy (non-hydrogen) atoms. The van der Waals surface area contributed by atoms with Gasteiger partial charge in [0.25, 0.3) is 0 Å². The molecule has 0 bridgehead atoms. The maximum Gasteiger partial charge on any atom is 0.127 e. The number of aromatic nitrogens is 1. The fraction of sp³-hybridized carbons (Fsp3) is 0.200. The Morgan fingerprint density at radius 1 is 1.32 bits per heavy atom. The van der Waals surface area contributed by atoms with Crippen LogP contribution in [0.25, 0.3) is 0 Å². The first-order valence-electron chi connectivity index (χ1n) is 6.07. The van der Waals surface area contributed by atoms with E-state index in [0.717, 1.165) is 22.5 Å².